The van der Waals surface area contributed by atoms with Crippen LogP contribution in [0.15, 0.2) is 0 Å². The number of carbonyl (C=O) groups is 2. The molecule has 2 bridgehead atoms. The monoisotopic (exact) mass is 274 g/mol. The van der Waals surface area contributed by atoms with E-state index >= 15 is 0 Å². The Hall–Kier alpha value is -0.860. The molecule has 4 fully saturated rings. The number of nitrogens with zero attached hydrogens (tertiary/aromatic N) is 1. The highest BCUT2D eigenvalue weighted by molar-refractivity contribution is 6.06. The molecule has 2 amide bonds. The molecule has 3 heteroatoms. The number of imide groups is 1. The van der Waals surface area contributed by atoms with Gasteiger partial charge in [0, 0.05) is 6.54 Å². The van der Waals surface area contributed by atoms with E-state index in [-0.39, 0.29) is 23.7 Å². The van der Waals surface area contributed by atoms with E-state index in [9.17, 15) is 9.59 Å². The van der Waals surface area contributed by atoms with Gasteiger partial charge in [-0.3, -0.25) is 14.5 Å². The van der Waals surface area contributed by atoms with Gasteiger partial charge in [0.15, 0.2) is 0 Å². The number of rotatable bonds is 2. The van der Waals surface area contributed by atoms with Crippen LogP contribution in [0.25, 0.3) is 0 Å². The molecular weight excluding hydrogens is 250 g/mol. The van der Waals surface area contributed by atoms with Crippen LogP contribution >= 0.6 is 0 Å². The minimum Gasteiger partial charge on any atom is -0.282 e. The van der Waals surface area contributed by atoms with Crippen LogP contribution in [0.4, 0.5) is 0 Å². The van der Waals surface area contributed by atoms with Crippen molar-refractivity contribution >= 4 is 11.8 Å². The van der Waals surface area contributed by atoms with Gasteiger partial charge in [-0.25, -0.2) is 0 Å². The number of fused-ring (bicyclic) bond motifs is 5. The van der Waals surface area contributed by atoms with Crippen molar-refractivity contribution in [3.8, 4) is 0 Å². The second kappa shape index (κ2) is 4.57. The first-order valence-corrected chi connectivity index (χ1v) is 8.35. The Morgan fingerprint density at radius 2 is 1.55 bits per heavy atom. The lowest BCUT2D eigenvalue weighted by molar-refractivity contribution is -0.141. The predicted octanol–water partition coefficient (Wildman–Crippen LogP) is 2.66. The summed E-state index contributed by atoms with van der Waals surface area (Å²) in [6.07, 6.45) is 8.22. The van der Waals surface area contributed by atoms with Gasteiger partial charge in [0.1, 0.15) is 0 Å². The van der Waals surface area contributed by atoms with Crippen LogP contribution in [0.1, 0.15) is 44.9 Å². The Morgan fingerprint density at radius 3 is 2.15 bits per heavy atom. The molecule has 3 saturated carbocycles. The maximum atomic E-state index is 12.7. The predicted molar refractivity (Wildman–Crippen MR) is 75.3 cm³/mol. The van der Waals surface area contributed by atoms with Crippen molar-refractivity contribution in [1.82, 2.24) is 4.90 Å². The molecule has 1 saturated heterocycles. The zero-order chi connectivity index (χ0) is 13.9. The summed E-state index contributed by atoms with van der Waals surface area (Å²) in [5, 5.41) is 0. The molecule has 0 spiro atoms. The summed E-state index contributed by atoms with van der Waals surface area (Å²) in [4.78, 5) is 26.9. The highest BCUT2D eigenvalue weighted by Gasteiger charge is 2.60. The third kappa shape index (κ3) is 1.71. The van der Waals surface area contributed by atoms with Crippen molar-refractivity contribution in [3.63, 3.8) is 0 Å². The molecular formula is C17H24NO2. The van der Waals surface area contributed by atoms with Gasteiger partial charge in [0.05, 0.1) is 11.8 Å². The minimum atomic E-state index is 0.0492. The van der Waals surface area contributed by atoms with E-state index < -0.39 is 0 Å². The molecule has 0 N–H and O–H groups in total. The molecule has 1 radical (unpaired) electrons. The molecule has 1 aliphatic heterocycles. The zero-order valence-electron chi connectivity index (χ0n) is 12.1. The highest BCUT2D eigenvalue weighted by Crippen LogP contribution is 2.56. The van der Waals surface area contributed by atoms with Gasteiger partial charge >= 0.3 is 0 Å². The lowest BCUT2D eigenvalue weighted by Crippen LogP contribution is -2.39. The van der Waals surface area contributed by atoms with Gasteiger partial charge in [0.2, 0.25) is 11.8 Å². The van der Waals surface area contributed by atoms with Gasteiger partial charge < -0.3 is 0 Å². The lowest BCUT2D eigenvalue weighted by atomic mass is 9.80. The number of carbonyl (C=O) groups excluding carboxylic acids is 2. The lowest BCUT2D eigenvalue weighted by Gasteiger charge is -2.31. The summed E-state index contributed by atoms with van der Waals surface area (Å²) in [6, 6.07) is 0. The van der Waals surface area contributed by atoms with Crippen LogP contribution < -0.4 is 0 Å². The van der Waals surface area contributed by atoms with Crippen molar-refractivity contribution in [2.45, 2.75) is 44.9 Å². The van der Waals surface area contributed by atoms with E-state index in [1.165, 1.54) is 25.7 Å². The summed E-state index contributed by atoms with van der Waals surface area (Å²) >= 11 is 0. The van der Waals surface area contributed by atoms with Crippen LogP contribution in [0, 0.1) is 42.4 Å². The Labute approximate surface area is 121 Å². The maximum Gasteiger partial charge on any atom is 0.233 e. The quantitative estimate of drug-likeness (QED) is 0.726. The average molecular weight is 274 g/mol. The first-order chi connectivity index (χ1) is 9.66. The average Bonchev–Trinajstić information content (AvgIpc) is 3.10. The topological polar surface area (TPSA) is 37.4 Å². The largest absolute Gasteiger partial charge is 0.282 e. The highest BCUT2D eigenvalue weighted by atomic mass is 16.2. The fourth-order valence-electron chi connectivity index (χ4n) is 5.41. The first-order valence-electron chi connectivity index (χ1n) is 8.35. The van der Waals surface area contributed by atoms with Crippen LogP contribution in [0.3, 0.4) is 0 Å². The first kappa shape index (κ1) is 12.8. The summed E-state index contributed by atoms with van der Waals surface area (Å²) < 4.78 is 0. The van der Waals surface area contributed by atoms with Crippen molar-refractivity contribution in [2.75, 3.05) is 6.54 Å². The van der Waals surface area contributed by atoms with Gasteiger partial charge in [-0.15, -0.1) is 0 Å². The molecule has 3 nitrogen and oxygen atoms in total. The van der Waals surface area contributed by atoms with E-state index in [1.54, 1.807) is 4.90 Å². The second-order valence-electron chi connectivity index (χ2n) is 7.48. The molecule has 20 heavy (non-hydrogen) atoms. The van der Waals surface area contributed by atoms with Crippen molar-refractivity contribution in [3.05, 3.63) is 6.92 Å². The van der Waals surface area contributed by atoms with Crippen LogP contribution in [-0.2, 0) is 9.59 Å². The second-order valence-corrected chi connectivity index (χ2v) is 7.48. The number of amides is 2. The SMILES string of the molecule is [CH2][C@@H]1CCCC[C@H]1CN1C(=O)[C@@H]2[C@H]3CC[C@H](C3)[C@@H]2C1=O. The van der Waals surface area contributed by atoms with E-state index in [4.69, 9.17) is 0 Å². The molecule has 3 aliphatic carbocycles. The van der Waals surface area contributed by atoms with Gasteiger partial charge in [-0.1, -0.05) is 19.3 Å². The Balaban J connectivity index is 1.52. The normalized spacial score (nSPS) is 47.1. The summed E-state index contributed by atoms with van der Waals surface area (Å²) in [6.45, 7) is 4.89. The fourth-order valence-corrected chi connectivity index (χ4v) is 5.41. The van der Waals surface area contributed by atoms with Crippen molar-refractivity contribution < 1.29 is 9.59 Å². The van der Waals surface area contributed by atoms with E-state index in [0.29, 0.717) is 30.2 Å². The molecule has 0 unspecified atom stereocenters. The van der Waals surface area contributed by atoms with Crippen LogP contribution in [-0.4, -0.2) is 23.3 Å². The molecule has 0 aromatic heterocycles. The Bertz CT molecular complexity index is 418. The summed E-state index contributed by atoms with van der Waals surface area (Å²) in [7, 11) is 0. The molecule has 109 valence electrons. The fraction of sp³-hybridized carbons (Fsp3) is 0.824. The number of hydrogen-bond donors (Lipinski definition) is 0. The third-order valence-electron chi connectivity index (χ3n) is 6.50. The number of hydrogen-bond acceptors (Lipinski definition) is 2. The molecule has 6 atom stereocenters. The van der Waals surface area contributed by atoms with E-state index in [1.807, 2.05) is 0 Å². The van der Waals surface area contributed by atoms with Crippen molar-refractivity contribution in [2.24, 2.45) is 35.5 Å². The van der Waals surface area contributed by atoms with Gasteiger partial charge in [-0.2, -0.15) is 0 Å². The van der Waals surface area contributed by atoms with Crippen molar-refractivity contribution in [1.29, 1.82) is 0 Å². The minimum absolute atomic E-state index is 0.0492. The van der Waals surface area contributed by atoms with E-state index in [2.05, 4.69) is 6.92 Å². The maximum absolute atomic E-state index is 12.7. The standard InChI is InChI=1S/C17H24NO2/c1-10-4-2-3-5-13(10)9-18-16(19)14-11-6-7-12(8-11)15(14)17(18)20/h10-15H,1-9H2/t10-,11-,12+,13+,14+,15-/m1/s1. The molecule has 1 heterocycles. The molecule has 0 aromatic rings. The molecule has 4 rings (SSSR count). The van der Waals surface area contributed by atoms with Gasteiger partial charge in [0.25, 0.3) is 0 Å². The Kier molecular flexibility index (Phi) is 2.94. The van der Waals surface area contributed by atoms with Crippen LogP contribution in [0.2, 0.25) is 0 Å². The zero-order valence-corrected chi connectivity index (χ0v) is 12.1. The van der Waals surface area contributed by atoms with E-state index in [0.717, 1.165) is 19.3 Å². The molecule has 0 aromatic carbocycles. The Morgan fingerprint density at radius 1 is 0.950 bits per heavy atom. The molecule has 4 aliphatic rings. The van der Waals surface area contributed by atoms with Gasteiger partial charge in [-0.05, 0) is 56.3 Å². The third-order valence-corrected chi connectivity index (χ3v) is 6.50. The van der Waals surface area contributed by atoms with Crippen LogP contribution in [0.5, 0.6) is 0 Å². The summed E-state index contributed by atoms with van der Waals surface area (Å²) in [5.74, 6) is 2.28. The summed E-state index contributed by atoms with van der Waals surface area (Å²) in [5.41, 5.74) is 0. The smallest absolute Gasteiger partial charge is 0.233 e. The number of likely N-dealkylation sites (tertiary alicyclic amines) is 1.